The third kappa shape index (κ3) is 3.48. The molecule has 0 amide bonds. The van der Waals surface area contributed by atoms with Gasteiger partial charge in [0.1, 0.15) is 5.82 Å². The van der Waals surface area contributed by atoms with E-state index in [-0.39, 0.29) is 0 Å². The van der Waals surface area contributed by atoms with Crippen LogP contribution in [0, 0.1) is 13.8 Å². The number of hydrogen-bond acceptors (Lipinski definition) is 4. The molecule has 0 saturated heterocycles. The van der Waals surface area contributed by atoms with Gasteiger partial charge >= 0.3 is 0 Å². The van der Waals surface area contributed by atoms with Gasteiger partial charge in [-0.15, -0.1) is 0 Å². The van der Waals surface area contributed by atoms with E-state index in [1.165, 1.54) is 11.1 Å². The number of pyridine rings is 2. The lowest BCUT2D eigenvalue weighted by Gasteiger charge is -2.12. The fourth-order valence-electron chi connectivity index (χ4n) is 2.79. The minimum atomic E-state index is 0.667. The van der Waals surface area contributed by atoms with Crippen LogP contribution >= 0.6 is 0 Å². The summed E-state index contributed by atoms with van der Waals surface area (Å²) in [5, 5.41) is 4.44. The smallest absolute Gasteiger partial charge is 0.136 e. The van der Waals surface area contributed by atoms with Crippen molar-refractivity contribution in [2.45, 2.75) is 20.3 Å². The first-order chi connectivity index (χ1) is 11.2. The molecule has 3 rings (SSSR count). The highest BCUT2D eigenvalue weighted by molar-refractivity contribution is 5.92. The van der Waals surface area contributed by atoms with Crippen LogP contribution in [0.4, 0.5) is 5.82 Å². The summed E-state index contributed by atoms with van der Waals surface area (Å²) in [4.78, 5) is 9.33. The zero-order valence-electron chi connectivity index (χ0n) is 13.6. The Balaban J connectivity index is 2.10. The lowest BCUT2D eigenvalue weighted by molar-refractivity contribution is 0.871. The Kier molecular flexibility index (Phi) is 4.53. The molecule has 118 valence electrons. The van der Waals surface area contributed by atoms with Gasteiger partial charge in [-0.25, -0.2) is 4.98 Å². The van der Waals surface area contributed by atoms with Crippen LogP contribution in [0.15, 0.2) is 42.6 Å². The van der Waals surface area contributed by atoms with Gasteiger partial charge in [0.15, 0.2) is 0 Å². The molecule has 0 bridgehead atoms. The second kappa shape index (κ2) is 6.75. The van der Waals surface area contributed by atoms with Crippen LogP contribution in [0.25, 0.3) is 22.2 Å². The lowest BCUT2D eigenvalue weighted by Crippen LogP contribution is -2.10. The van der Waals surface area contributed by atoms with Crippen LogP contribution in [-0.4, -0.2) is 23.1 Å². The van der Waals surface area contributed by atoms with Crippen LogP contribution in [0.3, 0.4) is 0 Å². The molecule has 23 heavy (non-hydrogen) atoms. The van der Waals surface area contributed by atoms with Gasteiger partial charge in [0.2, 0.25) is 0 Å². The SMILES string of the molecule is Cc1cc(C)cc(-c2cc3ncccc3c(NCCCN)n2)c1. The van der Waals surface area contributed by atoms with E-state index in [0.717, 1.165) is 40.9 Å². The second-order valence-electron chi connectivity index (χ2n) is 5.87. The maximum atomic E-state index is 5.59. The van der Waals surface area contributed by atoms with Crippen LogP contribution in [-0.2, 0) is 0 Å². The highest BCUT2D eigenvalue weighted by atomic mass is 15.0. The molecule has 0 aliphatic rings. The number of fused-ring (bicyclic) bond motifs is 1. The van der Waals surface area contributed by atoms with Crippen molar-refractivity contribution in [1.82, 2.24) is 9.97 Å². The normalized spacial score (nSPS) is 10.9. The Bertz CT molecular complexity index is 806. The van der Waals surface area contributed by atoms with E-state index in [1.54, 1.807) is 0 Å². The fraction of sp³-hybridized carbons (Fsp3) is 0.263. The number of nitrogens with one attached hydrogen (secondary N) is 1. The molecule has 0 radical (unpaired) electrons. The second-order valence-corrected chi connectivity index (χ2v) is 5.87. The zero-order chi connectivity index (χ0) is 16.2. The number of aryl methyl sites for hydroxylation is 2. The van der Waals surface area contributed by atoms with Crippen molar-refractivity contribution in [3.8, 4) is 11.3 Å². The van der Waals surface area contributed by atoms with Crippen molar-refractivity contribution >= 4 is 16.7 Å². The Morgan fingerprint density at radius 1 is 1.09 bits per heavy atom. The predicted octanol–water partition coefficient (Wildman–Crippen LogP) is 3.67. The Morgan fingerprint density at radius 2 is 1.87 bits per heavy atom. The fourth-order valence-corrected chi connectivity index (χ4v) is 2.79. The zero-order valence-corrected chi connectivity index (χ0v) is 13.6. The average molecular weight is 306 g/mol. The van der Waals surface area contributed by atoms with E-state index in [1.807, 2.05) is 18.3 Å². The number of aromatic nitrogens is 2. The highest BCUT2D eigenvalue weighted by Gasteiger charge is 2.09. The van der Waals surface area contributed by atoms with Crippen molar-refractivity contribution in [3.05, 3.63) is 53.7 Å². The molecule has 0 unspecified atom stereocenters. The van der Waals surface area contributed by atoms with E-state index in [0.29, 0.717) is 6.54 Å². The summed E-state index contributed by atoms with van der Waals surface area (Å²) in [7, 11) is 0. The minimum Gasteiger partial charge on any atom is -0.369 e. The maximum absolute atomic E-state index is 5.59. The van der Waals surface area contributed by atoms with Gasteiger partial charge in [-0.1, -0.05) is 17.2 Å². The number of hydrogen-bond donors (Lipinski definition) is 2. The summed E-state index contributed by atoms with van der Waals surface area (Å²) < 4.78 is 0. The van der Waals surface area contributed by atoms with E-state index < -0.39 is 0 Å². The third-order valence-corrected chi connectivity index (χ3v) is 3.79. The summed E-state index contributed by atoms with van der Waals surface area (Å²) in [6.07, 6.45) is 2.73. The lowest BCUT2D eigenvalue weighted by atomic mass is 10.0. The number of rotatable bonds is 5. The minimum absolute atomic E-state index is 0.667. The van der Waals surface area contributed by atoms with Crippen molar-refractivity contribution in [1.29, 1.82) is 0 Å². The molecule has 3 aromatic rings. The van der Waals surface area contributed by atoms with Crippen molar-refractivity contribution < 1.29 is 0 Å². The van der Waals surface area contributed by atoms with Crippen molar-refractivity contribution in [3.63, 3.8) is 0 Å². The van der Waals surface area contributed by atoms with Gasteiger partial charge in [-0.3, -0.25) is 4.98 Å². The van der Waals surface area contributed by atoms with E-state index in [4.69, 9.17) is 10.7 Å². The van der Waals surface area contributed by atoms with Crippen molar-refractivity contribution in [2.24, 2.45) is 5.73 Å². The summed E-state index contributed by atoms with van der Waals surface area (Å²) in [5.74, 6) is 0.873. The predicted molar refractivity (Wildman–Crippen MR) is 96.6 cm³/mol. The van der Waals surface area contributed by atoms with Gasteiger partial charge in [0, 0.05) is 23.7 Å². The van der Waals surface area contributed by atoms with Crippen LogP contribution in [0.1, 0.15) is 17.5 Å². The average Bonchev–Trinajstić information content (AvgIpc) is 2.54. The molecule has 4 nitrogen and oxygen atoms in total. The standard InChI is InChI=1S/C19H22N4/c1-13-9-14(2)11-15(10-13)17-12-18-16(5-3-7-21-18)19(23-17)22-8-4-6-20/h3,5,7,9-12H,4,6,8,20H2,1-2H3,(H,22,23). The molecule has 0 aliphatic carbocycles. The first-order valence-corrected chi connectivity index (χ1v) is 7.96. The number of nitrogens with zero attached hydrogens (tertiary/aromatic N) is 2. The van der Waals surface area contributed by atoms with Crippen molar-refractivity contribution in [2.75, 3.05) is 18.4 Å². The molecule has 0 atom stereocenters. The molecule has 3 N–H and O–H groups in total. The molecule has 4 heteroatoms. The monoisotopic (exact) mass is 306 g/mol. The first kappa shape index (κ1) is 15.4. The molecular formula is C19H22N4. The third-order valence-electron chi connectivity index (χ3n) is 3.79. The molecular weight excluding hydrogens is 284 g/mol. The summed E-state index contributed by atoms with van der Waals surface area (Å²) in [6, 6.07) is 12.5. The number of anilines is 1. The largest absolute Gasteiger partial charge is 0.369 e. The number of nitrogens with two attached hydrogens (primary N) is 1. The topological polar surface area (TPSA) is 63.8 Å². The Hall–Kier alpha value is -2.46. The van der Waals surface area contributed by atoms with Gasteiger partial charge in [0.25, 0.3) is 0 Å². The first-order valence-electron chi connectivity index (χ1n) is 7.96. The van der Waals surface area contributed by atoms with Crippen LogP contribution < -0.4 is 11.1 Å². The Morgan fingerprint density at radius 3 is 2.61 bits per heavy atom. The summed E-state index contributed by atoms with van der Waals surface area (Å²) in [6.45, 7) is 5.69. The quantitative estimate of drug-likeness (QED) is 0.706. The molecule has 0 saturated carbocycles. The molecule has 0 fully saturated rings. The van der Waals surface area contributed by atoms with Gasteiger partial charge in [-0.2, -0.15) is 0 Å². The van der Waals surface area contributed by atoms with E-state index in [9.17, 15) is 0 Å². The highest BCUT2D eigenvalue weighted by Crippen LogP contribution is 2.27. The van der Waals surface area contributed by atoms with Gasteiger partial charge < -0.3 is 11.1 Å². The summed E-state index contributed by atoms with van der Waals surface area (Å²) in [5.41, 5.74) is 11.1. The number of benzene rings is 1. The van der Waals surface area contributed by atoms with E-state index >= 15 is 0 Å². The van der Waals surface area contributed by atoms with Crippen LogP contribution in [0.5, 0.6) is 0 Å². The van der Waals surface area contributed by atoms with Gasteiger partial charge in [-0.05, 0) is 57.1 Å². The van der Waals surface area contributed by atoms with Crippen LogP contribution in [0.2, 0.25) is 0 Å². The molecule has 1 aromatic carbocycles. The van der Waals surface area contributed by atoms with E-state index in [2.05, 4.69) is 48.4 Å². The molecule has 2 heterocycles. The van der Waals surface area contributed by atoms with Gasteiger partial charge in [0.05, 0.1) is 11.2 Å². The molecule has 0 aliphatic heterocycles. The molecule has 2 aromatic heterocycles. The Labute approximate surface area is 136 Å². The molecule has 0 spiro atoms. The maximum Gasteiger partial charge on any atom is 0.136 e. The summed E-state index contributed by atoms with van der Waals surface area (Å²) >= 11 is 0.